The first-order valence-electron chi connectivity index (χ1n) is 10.1. The molecule has 0 aliphatic heterocycles. The molecule has 10 heteroatoms. The Kier molecular flexibility index (Phi) is 5.44. The van der Waals surface area contributed by atoms with Crippen LogP contribution in [0.25, 0.3) is 11.0 Å². The minimum absolute atomic E-state index is 0.568. The zero-order chi connectivity index (χ0) is 22.1. The van der Waals surface area contributed by atoms with E-state index in [9.17, 15) is 0 Å². The molecule has 0 bridgehead atoms. The Morgan fingerprint density at radius 1 is 1.03 bits per heavy atom. The first-order valence-corrected chi connectivity index (χ1v) is 11.0. The van der Waals surface area contributed by atoms with Gasteiger partial charge in [0.25, 0.3) is 0 Å². The van der Waals surface area contributed by atoms with Crippen LogP contribution in [0, 0.1) is 0 Å². The number of nitrogens with one attached hydrogen (secondary N) is 3. The number of ether oxygens (including phenoxy) is 3. The number of anilines is 3. The van der Waals surface area contributed by atoms with E-state index in [1.165, 1.54) is 24.8 Å². The van der Waals surface area contributed by atoms with Gasteiger partial charge in [0.2, 0.25) is 0 Å². The number of H-pyrrole nitrogens is 1. The number of aromatic nitrogens is 3. The summed E-state index contributed by atoms with van der Waals surface area (Å²) in [4.78, 5) is 0.809. The molecule has 2 aromatic carbocycles. The Hall–Kier alpha value is -3.53. The van der Waals surface area contributed by atoms with E-state index in [-0.39, 0.29) is 0 Å². The number of hydrogen-bond donors (Lipinski definition) is 3. The van der Waals surface area contributed by atoms with Gasteiger partial charge in [-0.25, -0.2) is 0 Å². The molecule has 9 nitrogen and oxygen atoms in total. The summed E-state index contributed by atoms with van der Waals surface area (Å²) >= 11 is 1.33. The van der Waals surface area contributed by atoms with Crippen LogP contribution < -0.4 is 24.2 Å². The van der Waals surface area contributed by atoms with Crippen LogP contribution in [0.15, 0.2) is 45.8 Å². The molecule has 1 aliphatic carbocycles. The fraction of sp³-hybridized carbons (Fsp3) is 0.273. The molecule has 1 saturated carbocycles. The molecular formula is C22H23N5O4S. The Balaban J connectivity index is 1.40. The summed E-state index contributed by atoms with van der Waals surface area (Å²) in [6.07, 6.45) is 2.42. The van der Waals surface area contributed by atoms with Gasteiger partial charge in [0, 0.05) is 23.7 Å². The quantitative estimate of drug-likeness (QED) is 0.290. The van der Waals surface area contributed by atoms with Gasteiger partial charge in [0.1, 0.15) is 22.1 Å². The molecule has 0 radical (unpaired) electrons. The lowest BCUT2D eigenvalue weighted by atomic mass is 10.2. The molecule has 1 fully saturated rings. The largest absolute Gasteiger partial charge is 0.495 e. The highest BCUT2D eigenvalue weighted by atomic mass is 32.2. The van der Waals surface area contributed by atoms with Gasteiger partial charge < -0.3 is 28.8 Å². The molecule has 1 aliphatic rings. The van der Waals surface area contributed by atoms with E-state index in [0.29, 0.717) is 34.6 Å². The molecule has 0 unspecified atom stereocenters. The minimum atomic E-state index is 0.568. The van der Waals surface area contributed by atoms with Crippen molar-refractivity contribution in [3.8, 4) is 17.2 Å². The fourth-order valence-corrected chi connectivity index (χ4v) is 4.31. The molecule has 32 heavy (non-hydrogen) atoms. The second-order valence-corrected chi connectivity index (χ2v) is 8.20. The van der Waals surface area contributed by atoms with E-state index < -0.39 is 0 Å². The number of methoxy groups -OCH3 is 3. The topological polar surface area (TPSA) is 106 Å². The Labute approximate surface area is 188 Å². The molecule has 0 atom stereocenters. The average Bonchev–Trinajstić information content (AvgIpc) is 3.45. The molecule has 0 saturated heterocycles. The van der Waals surface area contributed by atoms with Crippen LogP contribution in [0.3, 0.4) is 0 Å². The summed E-state index contributed by atoms with van der Waals surface area (Å²) in [7, 11) is 4.87. The predicted octanol–water partition coefficient (Wildman–Crippen LogP) is 5.32. The van der Waals surface area contributed by atoms with E-state index in [0.717, 1.165) is 27.5 Å². The smallest absolute Gasteiger partial charge is 0.187 e. The van der Waals surface area contributed by atoms with Gasteiger partial charge in [-0.1, -0.05) is 11.2 Å². The molecule has 0 amide bonds. The Morgan fingerprint density at radius 3 is 2.47 bits per heavy atom. The number of nitrogens with zero attached hydrogens (tertiary/aromatic N) is 2. The van der Waals surface area contributed by atoms with Crippen LogP contribution in [0.1, 0.15) is 24.5 Å². The Morgan fingerprint density at radius 2 is 1.78 bits per heavy atom. The lowest BCUT2D eigenvalue weighted by Gasteiger charge is -2.12. The van der Waals surface area contributed by atoms with Gasteiger partial charge in [-0.15, -0.1) is 0 Å². The number of hydrogen-bond acceptors (Lipinski definition) is 9. The van der Waals surface area contributed by atoms with Gasteiger partial charge in [-0.3, -0.25) is 5.10 Å². The molecule has 0 spiro atoms. The normalized spacial score (nSPS) is 13.2. The lowest BCUT2D eigenvalue weighted by Crippen LogP contribution is -1.96. The maximum absolute atomic E-state index is 5.61. The van der Waals surface area contributed by atoms with Crippen molar-refractivity contribution in [2.24, 2.45) is 0 Å². The third-order valence-corrected chi connectivity index (χ3v) is 6.20. The first-order chi connectivity index (χ1) is 15.7. The van der Waals surface area contributed by atoms with E-state index in [1.54, 1.807) is 21.3 Å². The van der Waals surface area contributed by atoms with E-state index in [4.69, 9.17) is 18.7 Å². The third-order valence-electron chi connectivity index (χ3n) is 5.30. The number of benzene rings is 2. The molecule has 2 heterocycles. The van der Waals surface area contributed by atoms with Gasteiger partial charge in [-0.2, -0.15) is 5.10 Å². The molecule has 166 valence electrons. The monoisotopic (exact) mass is 453 g/mol. The summed E-state index contributed by atoms with van der Waals surface area (Å²) in [5.41, 5.74) is 2.51. The molecule has 3 N–H and O–H groups in total. The second-order valence-electron chi connectivity index (χ2n) is 7.38. The van der Waals surface area contributed by atoms with Crippen molar-refractivity contribution < 1.29 is 18.7 Å². The average molecular weight is 454 g/mol. The van der Waals surface area contributed by atoms with Crippen molar-refractivity contribution >= 4 is 40.2 Å². The van der Waals surface area contributed by atoms with Crippen molar-refractivity contribution in [3.63, 3.8) is 0 Å². The van der Waals surface area contributed by atoms with Crippen LogP contribution >= 0.6 is 11.9 Å². The van der Waals surface area contributed by atoms with Crippen molar-refractivity contribution in [1.82, 2.24) is 15.4 Å². The summed E-state index contributed by atoms with van der Waals surface area (Å²) < 4.78 is 25.3. The SMILES string of the molecule is COc1cc2c(NSc3c(OC)cccc3OC)noc2cc1Nc1cc(C2CC2)[nH]n1. The lowest BCUT2D eigenvalue weighted by molar-refractivity contribution is 0.376. The minimum Gasteiger partial charge on any atom is -0.495 e. The van der Waals surface area contributed by atoms with Crippen LogP contribution in [0.2, 0.25) is 0 Å². The van der Waals surface area contributed by atoms with E-state index >= 15 is 0 Å². The maximum atomic E-state index is 5.61. The third kappa shape index (κ3) is 3.89. The van der Waals surface area contributed by atoms with E-state index in [2.05, 4.69) is 25.4 Å². The van der Waals surface area contributed by atoms with Gasteiger partial charge in [0.05, 0.1) is 32.4 Å². The zero-order valence-electron chi connectivity index (χ0n) is 17.9. The van der Waals surface area contributed by atoms with Crippen LogP contribution in [0.4, 0.5) is 17.3 Å². The van der Waals surface area contributed by atoms with Crippen molar-refractivity contribution in [2.45, 2.75) is 23.7 Å². The van der Waals surface area contributed by atoms with Gasteiger partial charge in [0.15, 0.2) is 17.2 Å². The summed E-state index contributed by atoms with van der Waals surface area (Å²) in [6.45, 7) is 0. The maximum Gasteiger partial charge on any atom is 0.187 e. The van der Waals surface area contributed by atoms with Crippen LogP contribution in [0.5, 0.6) is 17.2 Å². The highest BCUT2D eigenvalue weighted by Crippen LogP contribution is 2.42. The number of aromatic amines is 1. The summed E-state index contributed by atoms with van der Waals surface area (Å²) in [6, 6.07) is 11.4. The van der Waals surface area contributed by atoms with Gasteiger partial charge >= 0.3 is 0 Å². The van der Waals surface area contributed by atoms with Crippen molar-refractivity contribution in [1.29, 1.82) is 0 Å². The van der Waals surface area contributed by atoms with Crippen LogP contribution in [-0.2, 0) is 0 Å². The van der Waals surface area contributed by atoms with Crippen molar-refractivity contribution in [2.75, 3.05) is 31.4 Å². The summed E-state index contributed by atoms with van der Waals surface area (Å²) in [5.74, 6) is 3.95. The Bertz CT molecular complexity index is 1230. The molecule has 5 rings (SSSR count). The second kappa shape index (κ2) is 8.54. The van der Waals surface area contributed by atoms with Gasteiger partial charge in [-0.05, 0) is 43.0 Å². The predicted molar refractivity (Wildman–Crippen MR) is 123 cm³/mol. The number of rotatable bonds is 9. The van der Waals surface area contributed by atoms with Crippen molar-refractivity contribution in [3.05, 3.63) is 42.1 Å². The highest BCUT2D eigenvalue weighted by Gasteiger charge is 2.25. The zero-order valence-corrected chi connectivity index (χ0v) is 18.7. The first kappa shape index (κ1) is 20.4. The molecular weight excluding hydrogens is 430 g/mol. The number of fused-ring (bicyclic) bond motifs is 1. The standard InChI is InChI=1S/C22H23N5O4S/c1-28-16-5-4-6-17(29-2)21(16)32-27-22-13-9-19(30-3)15(10-18(13)31-26-22)23-20-11-14(24-25-20)12-7-8-12/h4-6,9-12H,7-8H2,1-3H3,(H,26,27)(H2,23,24,25). The molecule has 2 aromatic heterocycles. The fourth-order valence-electron chi connectivity index (χ4n) is 3.46. The highest BCUT2D eigenvalue weighted by molar-refractivity contribution is 8.00. The van der Waals surface area contributed by atoms with E-state index in [1.807, 2.05) is 36.4 Å². The molecule has 4 aromatic rings. The van der Waals surface area contributed by atoms with Crippen LogP contribution in [-0.4, -0.2) is 36.7 Å². The summed E-state index contributed by atoms with van der Waals surface area (Å²) in [5, 5.41) is 15.7.